The van der Waals surface area contributed by atoms with Crippen molar-refractivity contribution in [2.24, 2.45) is 0 Å². The van der Waals surface area contributed by atoms with E-state index in [0.29, 0.717) is 13.0 Å². The number of hydrogen-bond acceptors (Lipinski definition) is 2. The maximum absolute atomic E-state index is 11.0. The molecule has 0 N–H and O–H groups in total. The van der Waals surface area contributed by atoms with E-state index < -0.39 is 0 Å². The van der Waals surface area contributed by atoms with Gasteiger partial charge in [-0.25, -0.2) is 0 Å². The van der Waals surface area contributed by atoms with Gasteiger partial charge in [0, 0.05) is 18.9 Å². The van der Waals surface area contributed by atoms with Crippen molar-refractivity contribution in [1.29, 1.82) is 0 Å². The fourth-order valence-electron chi connectivity index (χ4n) is 1.81. The van der Waals surface area contributed by atoms with Crippen LogP contribution in [0.4, 0.5) is 0 Å². The van der Waals surface area contributed by atoms with E-state index in [9.17, 15) is 4.79 Å². The van der Waals surface area contributed by atoms with Crippen molar-refractivity contribution < 1.29 is 9.53 Å². The maximum Gasteiger partial charge on any atom is 0.134 e. The second-order valence-corrected chi connectivity index (χ2v) is 4.89. The van der Waals surface area contributed by atoms with Crippen LogP contribution in [0.1, 0.15) is 31.9 Å². The first-order valence-electron chi connectivity index (χ1n) is 5.53. The summed E-state index contributed by atoms with van der Waals surface area (Å²) < 4.78 is 5.20. The van der Waals surface area contributed by atoms with E-state index in [-0.39, 0.29) is 11.2 Å². The molecule has 0 spiro atoms. The normalized spacial score (nSPS) is 11.5. The molecular weight excluding hydrogens is 200 g/mol. The van der Waals surface area contributed by atoms with Crippen LogP contribution >= 0.6 is 0 Å². The minimum atomic E-state index is 0.0174. The lowest BCUT2D eigenvalue weighted by molar-refractivity contribution is -0.116. The van der Waals surface area contributed by atoms with Crippen molar-refractivity contribution in [3.63, 3.8) is 0 Å². The molecule has 0 aliphatic carbocycles. The third kappa shape index (κ3) is 3.46. The molecule has 1 aromatic carbocycles. The van der Waals surface area contributed by atoms with Gasteiger partial charge in [0.15, 0.2) is 0 Å². The number of benzene rings is 1. The maximum atomic E-state index is 11.0. The largest absolute Gasteiger partial charge is 0.384 e. The number of ether oxygens (including phenoxy) is 1. The Bertz CT molecular complexity index is 350. The van der Waals surface area contributed by atoms with Crippen LogP contribution in [0.2, 0.25) is 0 Å². The van der Waals surface area contributed by atoms with Crippen LogP contribution < -0.4 is 0 Å². The fraction of sp³-hybridized carbons (Fsp3) is 0.500. The second kappa shape index (κ2) is 5.26. The Hall–Kier alpha value is -1.15. The minimum Gasteiger partial charge on any atom is -0.384 e. The lowest BCUT2D eigenvalue weighted by atomic mass is 9.85. The monoisotopic (exact) mass is 220 g/mol. The van der Waals surface area contributed by atoms with Gasteiger partial charge in [-0.2, -0.15) is 0 Å². The summed E-state index contributed by atoms with van der Waals surface area (Å²) in [4.78, 5) is 11.0. The number of methoxy groups -OCH3 is 1. The molecule has 16 heavy (non-hydrogen) atoms. The summed E-state index contributed by atoms with van der Waals surface area (Å²) >= 11 is 0. The fourth-order valence-corrected chi connectivity index (χ4v) is 1.81. The SMILES string of the molecule is COCC(C)(C)c1ccc(CC(C)=O)cc1. The van der Waals surface area contributed by atoms with Crippen LogP contribution in [0, 0.1) is 0 Å². The van der Waals surface area contributed by atoms with Crippen molar-refractivity contribution in [2.75, 3.05) is 13.7 Å². The van der Waals surface area contributed by atoms with Gasteiger partial charge < -0.3 is 4.74 Å². The van der Waals surface area contributed by atoms with E-state index in [1.54, 1.807) is 14.0 Å². The first kappa shape index (κ1) is 12.9. The van der Waals surface area contributed by atoms with Crippen molar-refractivity contribution >= 4 is 5.78 Å². The van der Waals surface area contributed by atoms with Gasteiger partial charge in [-0.05, 0) is 18.1 Å². The lowest BCUT2D eigenvalue weighted by Gasteiger charge is -2.24. The number of rotatable bonds is 5. The molecule has 2 heteroatoms. The van der Waals surface area contributed by atoms with E-state index in [1.165, 1.54) is 5.56 Å². The smallest absolute Gasteiger partial charge is 0.134 e. The molecule has 0 radical (unpaired) electrons. The summed E-state index contributed by atoms with van der Waals surface area (Å²) in [6, 6.07) is 8.21. The molecule has 0 aliphatic rings. The molecule has 0 amide bonds. The molecule has 1 rings (SSSR count). The molecule has 88 valence electrons. The van der Waals surface area contributed by atoms with Crippen LogP contribution in [0.25, 0.3) is 0 Å². The Labute approximate surface area is 97.6 Å². The third-order valence-electron chi connectivity index (χ3n) is 2.69. The minimum absolute atomic E-state index is 0.0174. The molecule has 0 heterocycles. The number of carbonyl (C=O) groups is 1. The van der Waals surface area contributed by atoms with Gasteiger partial charge in [0.05, 0.1) is 6.61 Å². The molecule has 0 saturated carbocycles. The average molecular weight is 220 g/mol. The van der Waals surface area contributed by atoms with Gasteiger partial charge in [0.1, 0.15) is 5.78 Å². The molecule has 2 nitrogen and oxygen atoms in total. The van der Waals surface area contributed by atoms with Crippen molar-refractivity contribution in [3.05, 3.63) is 35.4 Å². The van der Waals surface area contributed by atoms with E-state index in [2.05, 4.69) is 26.0 Å². The van der Waals surface area contributed by atoms with Gasteiger partial charge in [0.2, 0.25) is 0 Å². The van der Waals surface area contributed by atoms with E-state index in [4.69, 9.17) is 4.74 Å². The Morgan fingerprint density at radius 3 is 2.25 bits per heavy atom. The number of carbonyl (C=O) groups excluding carboxylic acids is 1. The van der Waals surface area contributed by atoms with Gasteiger partial charge in [0.25, 0.3) is 0 Å². The van der Waals surface area contributed by atoms with Crippen molar-refractivity contribution in [3.8, 4) is 0 Å². The Morgan fingerprint density at radius 2 is 1.81 bits per heavy atom. The quantitative estimate of drug-likeness (QED) is 0.762. The van der Waals surface area contributed by atoms with Crippen molar-refractivity contribution in [1.82, 2.24) is 0 Å². The van der Waals surface area contributed by atoms with E-state index in [1.807, 2.05) is 12.1 Å². The molecule has 0 unspecified atom stereocenters. The van der Waals surface area contributed by atoms with Crippen LogP contribution in [-0.4, -0.2) is 19.5 Å². The zero-order chi connectivity index (χ0) is 12.2. The molecule has 0 aromatic heterocycles. The van der Waals surface area contributed by atoms with Crippen LogP contribution in [0.15, 0.2) is 24.3 Å². The predicted octanol–water partition coefficient (Wildman–Crippen LogP) is 2.74. The van der Waals surface area contributed by atoms with E-state index in [0.717, 1.165) is 5.56 Å². The first-order chi connectivity index (χ1) is 7.45. The van der Waals surface area contributed by atoms with Gasteiger partial charge >= 0.3 is 0 Å². The molecular formula is C14H20O2. The molecule has 1 aromatic rings. The number of ketones is 1. The Kier molecular flexibility index (Phi) is 4.25. The van der Waals surface area contributed by atoms with Gasteiger partial charge in [-0.15, -0.1) is 0 Å². The summed E-state index contributed by atoms with van der Waals surface area (Å²) in [7, 11) is 1.71. The summed E-state index contributed by atoms with van der Waals surface area (Å²) in [5.41, 5.74) is 2.33. The topological polar surface area (TPSA) is 26.3 Å². The summed E-state index contributed by atoms with van der Waals surface area (Å²) in [6.45, 7) is 6.61. The third-order valence-corrected chi connectivity index (χ3v) is 2.69. The lowest BCUT2D eigenvalue weighted by Crippen LogP contribution is -2.23. The number of hydrogen-bond donors (Lipinski definition) is 0. The zero-order valence-corrected chi connectivity index (χ0v) is 10.5. The highest BCUT2D eigenvalue weighted by Gasteiger charge is 2.19. The highest BCUT2D eigenvalue weighted by atomic mass is 16.5. The zero-order valence-electron chi connectivity index (χ0n) is 10.5. The Morgan fingerprint density at radius 1 is 1.25 bits per heavy atom. The number of Topliss-reactive ketones (excluding diaryl/α,β-unsaturated/α-hetero) is 1. The van der Waals surface area contributed by atoms with Crippen molar-refractivity contribution in [2.45, 2.75) is 32.6 Å². The highest BCUT2D eigenvalue weighted by Crippen LogP contribution is 2.23. The van der Waals surface area contributed by atoms with Crippen LogP contribution in [0.5, 0.6) is 0 Å². The van der Waals surface area contributed by atoms with Gasteiger partial charge in [-0.1, -0.05) is 38.1 Å². The van der Waals surface area contributed by atoms with E-state index >= 15 is 0 Å². The summed E-state index contributed by atoms with van der Waals surface area (Å²) in [5.74, 6) is 0.198. The molecule has 0 fully saturated rings. The van der Waals surface area contributed by atoms with Gasteiger partial charge in [-0.3, -0.25) is 4.79 Å². The molecule has 0 saturated heterocycles. The molecule has 0 aliphatic heterocycles. The average Bonchev–Trinajstić information content (AvgIpc) is 2.17. The molecule has 0 atom stereocenters. The summed E-state index contributed by atoms with van der Waals surface area (Å²) in [6.07, 6.45) is 0.519. The first-order valence-corrected chi connectivity index (χ1v) is 5.53. The molecule has 0 bridgehead atoms. The second-order valence-electron chi connectivity index (χ2n) is 4.89. The predicted molar refractivity (Wildman–Crippen MR) is 65.7 cm³/mol. The van der Waals surface area contributed by atoms with Crippen LogP contribution in [0.3, 0.4) is 0 Å². The van der Waals surface area contributed by atoms with Crippen LogP contribution in [-0.2, 0) is 21.4 Å². The Balaban J connectivity index is 2.81. The summed E-state index contributed by atoms with van der Waals surface area (Å²) in [5, 5.41) is 0. The highest BCUT2D eigenvalue weighted by molar-refractivity contribution is 5.78. The standard InChI is InChI=1S/C14H20O2/c1-11(15)9-12-5-7-13(8-6-12)14(2,3)10-16-4/h5-8H,9-10H2,1-4H3.